The van der Waals surface area contributed by atoms with Crippen molar-refractivity contribution in [3.05, 3.63) is 99.5 Å². The molecule has 10 heteroatoms. The maximum absolute atomic E-state index is 14.1. The lowest BCUT2D eigenvalue weighted by Gasteiger charge is -2.34. The Morgan fingerprint density at radius 2 is 1.57 bits per heavy atom. The van der Waals surface area contributed by atoms with Gasteiger partial charge in [-0.3, -0.25) is 13.9 Å². The molecule has 0 aliphatic carbocycles. The smallest absolute Gasteiger partial charge is 0.244 e. The number of unbranched alkanes of at least 4 members (excludes halogenated alkanes) is 1. The van der Waals surface area contributed by atoms with Crippen molar-refractivity contribution in [3.8, 4) is 0 Å². The van der Waals surface area contributed by atoms with Gasteiger partial charge in [0.25, 0.3) is 0 Å². The summed E-state index contributed by atoms with van der Waals surface area (Å²) in [6.45, 7) is 4.03. The minimum atomic E-state index is -3.92. The predicted octanol–water partition coefficient (Wildman–Crippen LogP) is 5.62. The van der Waals surface area contributed by atoms with Crippen molar-refractivity contribution in [2.45, 2.75) is 45.7 Å². The number of benzene rings is 3. The van der Waals surface area contributed by atoms with Crippen LogP contribution in [0.2, 0.25) is 10.0 Å². The molecule has 1 N–H and O–H groups in total. The average Bonchev–Trinajstić information content (AvgIpc) is 2.89. The standard InChI is InChI=1S/C30H35Cl2N3O4S/c1-4-5-15-33-30(37)28(16-23-12-7-6-8-13-23)34(20-24-14-10-9-11-22(24)2)29(36)21-35(40(3,38)39)27-18-25(31)17-26(32)19-27/h6-14,17-19,28H,4-5,15-16,20-21H2,1-3H3,(H,33,37)/t28-/m0/s1. The Hall–Kier alpha value is -3.07. The van der Waals surface area contributed by atoms with Gasteiger partial charge in [0, 0.05) is 29.6 Å². The first-order valence-corrected chi connectivity index (χ1v) is 15.7. The van der Waals surface area contributed by atoms with Crippen LogP contribution in [0.25, 0.3) is 0 Å². The summed E-state index contributed by atoms with van der Waals surface area (Å²) in [6.07, 6.45) is 2.98. The summed E-state index contributed by atoms with van der Waals surface area (Å²) in [4.78, 5) is 29.2. The maximum atomic E-state index is 14.1. The minimum Gasteiger partial charge on any atom is -0.354 e. The van der Waals surface area contributed by atoms with E-state index in [1.165, 1.54) is 23.1 Å². The molecule has 3 aromatic carbocycles. The van der Waals surface area contributed by atoms with E-state index in [0.717, 1.165) is 40.1 Å². The van der Waals surface area contributed by atoms with Gasteiger partial charge in [0.05, 0.1) is 11.9 Å². The summed E-state index contributed by atoms with van der Waals surface area (Å²) in [5.41, 5.74) is 2.84. The third-order valence-electron chi connectivity index (χ3n) is 6.52. The van der Waals surface area contributed by atoms with Gasteiger partial charge in [-0.2, -0.15) is 0 Å². The second-order valence-electron chi connectivity index (χ2n) is 9.70. The second kappa shape index (κ2) is 14.5. The fourth-order valence-corrected chi connectivity index (χ4v) is 5.68. The van der Waals surface area contributed by atoms with E-state index < -0.39 is 28.5 Å². The lowest BCUT2D eigenvalue weighted by Crippen LogP contribution is -2.53. The van der Waals surface area contributed by atoms with Gasteiger partial charge < -0.3 is 10.2 Å². The van der Waals surface area contributed by atoms with E-state index in [2.05, 4.69) is 5.32 Å². The number of aryl methyl sites for hydroxylation is 1. The minimum absolute atomic E-state index is 0.123. The molecular formula is C30H35Cl2N3O4S. The Kier molecular flexibility index (Phi) is 11.4. The molecule has 0 unspecified atom stereocenters. The Balaban J connectivity index is 2.06. The van der Waals surface area contributed by atoms with Crippen LogP contribution in [0.4, 0.5) is 5.69 Å². The van der Waals surface area contributed by atoms with Gasteiger partial charge in [-0.25, -0.2) is 8.42 Å². The fraction of sp³-hybridized carbons (Fsp3) is 0.333. The Morgan fingerprint density at radius 3 is 2.17 bits per heavy atom. The molecule has 214 valence electrons. The van der Waals surface area contributed by atoms with Gasteiger partial charge in [-0.15, -0.1) is 0 Å². The van der Waals surface area contributed by atoms with Crippen LogP contribution in [-0.4, -0.2) is 50.5 Å². The topological polar surface area (TPSA) is 86.8 Å². The fourth-order valence-electron chi connectivity index (χ4n) is 4.33. The monoisotopic (exact) mass is 603 g/mol. The molecule has 2 amide bonds. The van der Waals surface area contributed by atoms with E-state index in [9.17, 15) is 18.0 Å². The van der Waals surface area contributed by atoms with E-state index in [4.69, 9.17) is 23.2 Å². The second-order valence-corrected chi connectivity index (χ2v) is 12.5. The Labute approximate surface area is 247 Å². The first kappa shape index (κ1) is 31.5. The van der Waals surface area contributed by atoms with Crippen LogP contribution < -0.4 is 9.62 Å². The van der Waals surface area contributed by atoms with E-state index >= 15 is 0 Å². The van der Waals surface area contributed by atoms with Crippen LogP contribution in [0.1, 0.15) is 36.5 Å². The van der Waals surface area contributed by atoms with Crippen LogP contribution in [0.3, 0.4) is 0 Å². The average molecular weight is 605 g/mol. The van der Waals surface area contributed by atoms with Gasteiger partial charge in [-0.1, -0.05) is 91.1 Å². The highest BCUT2D eigenvalue weighted by Crippen LogP contribution is 2.27. The van der Waals surface area contributed by atoms with Crippen LogP contribution >= 0.6 is 23.2 Å². The highest BCUT2D eigenvalue weighted by atomic mass is 35.5. The molecular weight excluding hydrogens is 569 g/mol. The Bertz CT molecular complexity index is 1400. The van der Waals surface area contributed by atoms with E-state index in [1.54, 1.807) is 0 Å². The SMILES string of the molecule is CCCCNC(=O)[C@H](Cc1ccccc1)N(Cc1ccccc1C)C(=O)CN(c1cc(Cl)cc(Cl)c1)S(C)(=O)=O. The lowest BCUT2D eigenvalue weighted by atomic mass is 10.0. The highest BCUT2D eigenvalue weighted by Gasteiger charge is 2.33. The van der Waals surface area contributed by atoms with Gasteiger partial charge >= 0.3 is 0 Å². The molecule has 0 saturated heterocycles. The van der Waals surface area contributed by atoms with Gasteiger partial charge in [0.1, 0.15) is 12.6 Å². The number of hydrogen-bond acceptors (Lipinski definition) is 4. The normalized spacial score (nSPS) is 12.0. The summed E-state index contributed by atoms with van der Waals surface area (Å²) in [6, 6.07) is 20.5. The van der Waals surface area contributed by atoms with Crippen molar-refractivity contribution >= 4 is 50.7 Å². The van der Waals surface area contributed by atoms with Crippen molar-refractivity contribution in [1.82, 2.24) is 10.2 Å². The summed E-state index contributed by atoms with van der Waals surface area (Å²) >= 11 is 12.3. The number of carbonyl (C=O) groups excluding carboxylic acids is 2. The molecule has 40 heavy (non-hydrogen) atoms. The number of hydrogen-bond donors (Lipinski definition) is 1. The van der Waals surface area contributed by atoms with E-state index in [0.29, 0.717) is 6.54 Å². The van der Waals surface area contributed by atoms with Crippen molar-refractivity contribution in [2.24, 2.45) is 0 Å². The molecule has 0 heterocycles. The summed E-state index contributed by atoms with van der Waals surface area (Å²) in [5.74, 6) is -0.827. The molecule has 0 fully saturated rings. The number of amides is 2. The molecule has 7 nitrogen and oxygen atoms in total. The summed E-state index contributed by atoms with van der Waals surface area (Å²) < 4.78 is 26.7. The molecule has 3 aromatic rings. The third kappa shape index (κ3) is 8.98. The van der Waals surface area contributed by atoms with Gasteiger partial charge in [0.2, 0.25) is 21.8 Å². The van der Waals surface area contributed by atoms with Crippen molar-refractivity contribution in [2.75, 3.05) is 23.7 Å². The zero-order valence-corrected chi connectivity index (χ0v) is 25.3. The van der Waals surface area contributed by atoms with E-state index in [1.807, 2.05) is 68.4 Å². The van der Waals surface area contributed by atoms with Crippen LogP contribution in [-0.2, 0) is 32.6 Å². The third-order valence-corrected chi connectivity index (χ3v) is 8.09. The molecule has 0 radical (unpaired) electrons. The maximum Gasteiger partial charge on any atom is 0.244 e. The number of nitrogens with one attached hydrogen (secondary N) is 1. The molecule has 0 aliphatic rings. The van der Waals surface area contributed by atoms with Crippen LogP contribution in [0.5, 0.6) is 0 Å². The quantitative estimate of drug-likeness (QED) is 0.257. The van der Waals surface area contributed by atoms with Crippen molar-refractivity contribution in [1.29, 1.82) is 0 Å². The van der Waals surface area contributed by atoms with Gasteiger partial charge in [0.15, 0.2) is 0 Å². The van der Waals surface area contributed by atoms with Crippen molar-refractivity contribution < 1.29 is 18.0 Å². The zero-order chi connectivity index (χ0) is 29.3. The number of halogens is 2. The molecule has 0 bridgehead atoms. The molecule has 0 saturated carbocycles. The first-order chi connectivity index (χ1) is 19.0. The highest BCUT2D eigenvalue weighted by molar-refractivity contribution is 7.92. The molecule has 3 rings (SSSR count). The number of rotatable bonds is 13. The molecule has 0 spiro atoms. The molecule has 0 aromatic heterocycles. The largest absolute Gasteiger partial charge is 0.354 e. The number of nitrogens with zero attached hydrogens (tertiary/aromatic N) is 2. The summed E-state index contributed by atoms with van der Waals surface area (Å²) in [5, 5.41) is 3.44. The van der Waals surface area contributed by atoms with Crippen LogP contribution in [0.15, 0.2) is 72.8 Å². The Morgan fingerprint density at radius 1 is 0.950 bits per heavy atom. The number of carbonyl (C=O) groups is 2. The van der Waals surface area contributed by atoms with Crippen LogP contribution in [0, 0.1) is 6.92 Å². The first-order valence-electron chi connectivity index (χ1n) is 13.1. The zero-order valence-electron chi connectivity index (χ0n) is 22.9. The van der Waals surface area contributed by atoms with Crippen molar-refractivity contribution in [3.63, 3.8) is 0 Å². The number of sulfonamides is 1. The summed E-state index contributed by atoms with van der Waals surface area (Å²) in [7, 11) is -3.92. The molecule has 1 atom stereocenters. The number of anilines is 1. The predicted molar refractivity (Wildman–Crippen MR) is 162 cm³/mol. The lowest BCUT2D eigenvalue weighted by molar-refractivity contribution is -0.140. The van der Waals surface area contributed by atoms with Gasteiger partial charge in [-0.05, 0) is 48.2 Å². The van der Waals surface area contributed by atoms with E-state index in [-0.39, 0.29) is 34.6 Å². The molecule has 0 aliphatic heterocycles.